The average molecular weight is 477 g/mol. The lowest BCUT2D eigenvalue weighted by atomic mass is 10.4. The van der Waals surface area contributed by atoms with E-state index in [1.807, 2.05) is 0 Å². The van der Waals surface area contributed by atoms with Gasteiger partial charge in [-0.05, 0) is 48.9 Å². The van der Waals surface area contributed by atoms with E-state index in [1.165, 1.54) is 53.4 Å². The second kappa shape index (κ2) is 8.61. The van der Waals surface area contributed by atoms with Crippen LogP contribution in [0.1, 0.15) is 6.42 Å². The predicted octanol–water partition coefficient (Wildman–Crippen LogP) is 2.35. The number of sulfonamides is 1. The van der Waals surface area contributed by atoms with Gasteiger partial charge in [-0.15, -0.1) is 0 Å². The molecule has 0 aliphatic carbocycles. The topological polar surface area (TPSA) is 101 Å². The Bertz CT molecular complexity index is 1120. The maximum Gasteiger partial charge on any atom is 0.241 e. The molecule has 1 atom stereocenters. The molecule has 0 saturated carbocycles. The fourth-order valence-corrected chi connectivity index (χ4v) is 6.10. The standard InChI is InChI=1S/C18H18Cl2N2O5S2/c19-13-4-6-15(7-5-13)28(24,25)17-8-9-22(12-17)18(23)11-21-29(26,27)16-3-1-2-14(20)10-16/h1-7,10,17,21H,8-9,11-12H2. The minimum absolute atomic E-state index is 0.00266. The fourth-order valence-electron chi connectivity index (χ4n) is 3.01. The number of nitrogens with zero attached hydrogens (tertiary/aromatic N) is 1. The number of carbonyl (C=O) groups excluding carboxylic acids is 1. The van der Waals surface area contributed by atoms with Crippen LogP contribution in [0.2, 0.25) is 10.0 Å². The molecule has 7 nitrogen and oxygen atoms in total. The van der Waals surface area contributed by atoms with Crippen molar-refractivity contribution in [1.82, 2.24) is 9.62 Å². The van der Waals surface area contributed by atoms with Gasteiger partial charge < -0.3 is 4.90 Å². The quantitative estimate of drug-likeness (QED) is 0.689. The third-order valence-corrected chi connectivity index (χ3v) is 8.68. The number of amides is 1. The van der Waals surface area contributed by atoms with Gasteiger partial charge in [0.25, 0.3) is 0 Å². The van der Waals surface area contributed by atoms with Crippen molar-refractivity contribution in [2.75, 3.05) is 19.6 Å². The normalized spacial score (nSPS) is 17.4. The predicted molar refractivity (Wildman–Crippen MR) is 110 cm³/mol. The molecule has 1 saturated heterocycles. The van der Waals surface area contributed by atoms with Gasteiger partial charge in [0, 0.05) is 23.1 Å². The molecule has 1 fully saturated rings. The van der Waals surface area contributed by atoms with Gasteiger partial charge in [-0.1, -0.05) is 29.3 Å². The molecule has 1 N–H and O–H groups in total. The highest BCUT2D eigenvalue weighted by Gasteiger charge is 2.36. The van der Waals surface area contributed by atoms with Crippen molar-refractivity contribution >= 4 is 49.0 Å². The molecule has 2 aromatic carbocycles. The molecule has 0 aromatic heterocycles. The van der Waals surface area contributed by atoms with Crippen molar-refractivity contribution in [2.45, 2.75) is 21.5 Å². The summed E-state index contributed by atoms with van der Waals surface area (Å²) in [6.07, 6.45) is 0.276. The van der Waals surface area contributed by atoms with Crippen LogP contribution in [0.4, 0.5) is 0 Å². The Hall–Kier alpha value is -1.65. The monoisotopic (exact) mass is 476 g/mol. The summed E-state index contributed by atoms with van der Waals surface area (Å²) >= 11 is 11.6. The van der Waals surface area contributed by atoms with Crippen LogP contribution in [0.5, 0.6) is 0 Å². The van der Waals surface area contributed by atoms with Gasteiger partial charge in [0.05, 0.1) is 21.6 Å². The first kappa shape index (κ1) is 22.0. The zero-order chi connectivity index (χ0) is 21.2. The number of benzene rings is 2. The summed E-state index contributed by atoms with van der Waals surface area (Å²) in [5.74, 6) is -0.496. The van der Waals surface area contributed by atoms with Crippen LogP contribution < -0.4 is 4.72 Å². The summed E-state index contributed by atoms with van der Waals surface area (Å²) in [7, 11) is -7.53. The molecule has 1 aliphatic rings. The highest BCUT2D eigenvalue weighted by Crippen LogP contribution is 2.25. The first-order valence-electron chi connectivity index (χ1n) is 8.62. The van der Waals surface area contributed by atoms with Crippen LogP contribution >= 0.6 is 23.2 Å². The zero-order valence-corrected chi connectivity index (χ0v) is 18.2. The van der Waals surface area contributed by atoms with E-state index in [4.69, 9.17) is 23.2 Å². The Morgan fingerprint density at radius 3 is 2.34 bits per heavy atom. The van der Waals surface area contributed by atoms with E-state index in [-0.39, 0.29) is 34.3 Å². The molecule has 1 amide bonds. The summed E-state index contributed by atoms with van der Waals surface area (Å²) in [6, 6.07) is 11.5. The van der Waals surface area contributed by atoms with Crippen molar-refractivity contribution in [3.8, 4) is 0 Å². The molecule has 2 aromatic rings. The smallest absolute Gasteiger partial charge is 0.241 e. The largest absolute Gasteiger partial charge is 0.340 e. The number of hydrogen-bond acceptors (Lipinski definition) is 5. The van der Waals surface area contributed by atoms with Crippen LogP contribution in [-0.4, -0.2) is 52.5 Å². The Morgan fingerprint density at radius 1 is 1.00 bits per heavy atom. The lowest BCUT2D eigenvalue weighted by Crippen LogP contribution is -2.40. The Labute approximate surface area is 179 Å². The summed E-state index contributed by atoms with van der Waals surface area (Å²) in [4.78, 5) is 13.8. The third-order valence-electron chi connectivity index (χ3n) is 4.60. The number of hydrogen-bond donors (Lipinski definition) is 1. The Balaban J connectivity index is 1.63. The molecule has 29 heavy (non-hydrogen) atoms. The second-order valence-electron chi connectivity index (χ2n) is 6.53. The molecule has 0 radical (unpaired) electrons. The number of rotatable bonds is 6. The van der Waals surface area contributed by atoms with Crippen molar-refractivity contribution < 1.29 is 21.6 Å². The van der Waals surface area contributed by atoms with Gasteiger partial charge in [0.15, 0.2) is 9.84 Å². The Kier molecular flexibility index (Phi) is 6.54. The maximum atomic E-state index is 12.7. The molecule has 11 heteroatoms. The second-order valence-corrected chi connectivity index (χ2v) is 11.4. The van der Waals surface area contributed by atoms with Gasteiger partial charge in [0.1, 0.15) is 0 Å². The van der Waals surface area contributed by atoms with E-state index in [1.54, 1.807) is 0 Å². The number of likely N-dealkylation sites (tertiary alicyclic amines) is 1. The van der Waals surface area contributed by atoms with E-state index in [0.717, 1.165) is 0 Å². The maximum absolute atomic E-state index is 12.7. The molecule has 3 rings (SSSR count). The summed E-state index contributed by atoms with van der Waals surface area (Å²) in [5.41, 5.74) is 0. The minimum atomic E-state index is -3.91. The number of nitrogens with one attached hydrogen (secondary N) is 1. The van der Waals surface area contributed by atoms with Crippen LogP contribution in [0.15, 0.2) is 58.3 Å². The van der Waals surface area contributed by atoms with Gasteiger partial charge in [-0.25, -0.2) is 21.6 Å². The van der Waals surface area contributed by atoms with Crippen molar-refractivity contribution in [1.29, 1.82) is 0 Å². The lowest BCUT2D eigenvalue weighted by Gasteiger charge is -2.17. The third kappa shape index (κ3) is 5.10. The van der Waals surface area contributed by atoms with E-state index in [2.05, 4.69) is 4.72 Å². The molecule has 1 heterocycles. The van der Waals surface area contributed by atoms with Crippen LogP contribution in [0.25, 0.3) is 0 Å². The molecule has 1 unspecified atom stereocenters. The zero-order valence-electron chi connectivity index (χ0n) is 15.1. The van der Waals surface area contributed by atoms with E-state index in [0.29, 0.717) is 5.02 Å². The first-order chi connectivity index (χ1) is 13.6. The molecule has 1 aliphatic heterocycles. The van der Waals surface area contributed by atoms with E-state index in [9.17, 15) is 21.6 Å². The summed E-state index contributed by atoms with van der Waals surface area (Å²) < 4.78 is 52.3. The molecule has 0 bridgehead atoms. The minimum Gasteiger partial charge on any atom is -0.340 e. The molecular formula is C18H18Cl2N2O5S2. The van der Waals surface area contributed by atoms with Crippen LogP contribution in [-0.2, 0) is 24.7 Å². The summed E-state index contributed by atoms with van der Waals surface area (Å²) in [6.45, 7) is -0.236. The molecule has 156 valence electrons. The van der Waals surface area contributed by atoms with E-state index >= 15 is 0 Å². The highest BCUT2D eigenvalue weighted by atomic mass is 35.5. The number of carbonyl (C=O) groups is 1. The van der Waals surface area contributed by atoms with Gasteiger partial charge >= 0.3 is 0 Å². The van der Waals surface area contributed by atoms with Crippen molar-refractivity contribution in [2.24, 2.45) is 0 Å². The Morgan fingerprint density at radius 2 is 1.69 bits per heavy atom. The summed E-state index contributed by atoms with van der Waals surface area (Å²) in [5, 5.41) is -0.0645. The van der Waals surface area contributed by atoms with Crippen molar-refractivity contribution in [3.05, 3.63) is 58.6 Å². The highest BCUT2D eigenvalue weighted by molar-refractivity contribution is 7.92. The fraction of sp³-hybridized carbons (Fsp3) is 0.278. The van der Waals surface area contributed by atoms with Gasteiger partial charge in [0.2, 0.25) is 15.9 Å². The molecule has 0 spiro atoms. The number of halogens is 2. The van der Waals surface area contributed by atoms with Crippen LogP contribution in [0, 0.1) is 0 Å². The first-order valence-corrected chi connectivity index (χ1v) is 12.4. The SMILES string of the molecule is O=C(CNS(=O)(=O)c1cccc(Cl)c1)N1CCC(S(=O)(=O)c2ccc(Cl)cc2)C1. The lowest BCUT2D eigenvalue weighted by molar-refractivity contribution is -0.128. The van der Waals surface area contributed by atoms with Gasteiger partial charge in [-0.2, -0.15) is 0 Å². The van der Waals surface area contributed by atoms with Gasteiger partial charge in [-0.3, -0.25) is 4.79 Å². The van der Waals surface area contributed by atoms with E-state index < -0.39 is 37.6 Å². The average Bonchev–Trinajstić information content (AvgIpc) is 3.18. The van der Waals surface area contributed by atoms with Crippen LogP contribution in [0.3, 0.4) is 0 Å². The number of sulfone groups is 1. The molecular weight excluding hydrogens is 459 g/mol. The van der Waals surface area contributed by atoms with Crippen molar-refractivity contribution in [3.63, 3.8) is 0 Å².